The van der Waals surface area contributed by atoms with E-state index >= 15 is 0 Å². The van der Waals surface area contributed by atoms with E-state index in [1.807, 2.05) is 4.72 Å². The molecule has 1 amide bonds. The predicted octanol–water partition coefficient (Wildman–Crippen LogP) is 2.33. The Bertz CT molecular complexity index is 1170. The molecule has 0 unspecified atom stereocenters. The number of rotatable bonds is 6. The number of aromatic nitrogens is 2. The summed E-state index contributed by atoms with van der Waals surface area (Å²) < 4.78 is 59.7. The number of carbonyl (C=O) groups is 1. The van der Waals surface area contributed by atoms with Gasteiger partial charge >= 0.3 is 6.01 Å². The second kappa shape index (κ2) is 7.80. The summed E-state index contributed by atoms with van der Waals surface area (Å²) in [6.45, 7) is 0. The zero-order valence-corrected chi connectivity index (χ0v) is 15.7. The molecule has 2 aromatic carbocycles. The van der Waals surface area contributed by atoms with E-state index in [9.17, 15) is 22.0 Å². The number of methoxy groups -OCH3 is 1. The third-order valence-electron chi connectivity index (χ3n) is 3.88. The summed E-state index contributed by atoms with van der Waals surface area (Å²) in [6.07, 6.45) is 3.01. The molecule has 29 heavy (non-hydrogen) atoms. The number of primary amides is 1. The summed E-state index contributed by atoms with van der Waals surface area (Å²) in [6, 6.07) is 6.86. The summed E-state index contributed by atoms with van der Waals surface area (Å²) in [4.78, 5) is 18.8. The van der Waals surface area contributed by atoms with Gasteiger partial charge in [-0.3, -0.25) is 9.52 Å². The summed E-state index contributed by atoms with van der Waals surface area (Å²) in [7, 11) is -2.79. The maximum absolute atomic E-state index is 14.1. The Hall–Kier alpha value is -3.60. The van der Waals surface area contributed by atoms with Gasteiger partial charge in [0.05, 0.1) is 23.3 Å². The van der Waals surface area contributed by atoms with E-state index in [0.29, 0.717) is 23.3 Å². The number of benzene rings is 2. The van der Waals surface area contributed by atoms with Gasteiger partial charge in [0, 0.05) is 24.0 Å². The molecule has 0 atom stereocenters. The normalized spacial score (nSPS) is 11.1. The minimum Gasteiger partial charge on any atom is -0.467 e. The molecule has 0 saturated carbocycles. The quantitative estimate of drug-likeness (QED) is 0.631. The molecule has 3 aromatic rings. The lowest BCUT2D eigenvalue weighted by Crippen LogP contribution is -2.17. The van der Waals surface area contributed by atoms with E-state index in [1.165, 1.54) is 43.8 Å². The van der Waals surface area contributed by atoms with Crippen LogP contribution in [0.2, 0.25) is 0 Å². The highest BCUT2D eigenvalue weighted by atomic mass is 32.2. The van der Waals surface area contributed by atoms with Crippen LogP contribution in [0.1, 0.15) is 10.4 Å². The standard InChI is InChI=1S/C18H14F2N4O4S/c1-28-18-22-8-11(9-23-18)10-2-4-12(5-3-10)29(26,27)24-16-7-14(19)13(17(21)25)6-15(16)20/h2-9,24H,1H3,(H2,21,25). The third kappa shape index (κ3) is 4.29. The maximum Gasteiger partial charge on any atom is 0.316 e. The first-order valence-electron chi connectivity index (χ1n) is 7.99. The lowest BCUT2D eigenvalue weighted by molar-refractivity contribution is 0.0996. The average molecular weight is 420 g/mol. The Labute approximate surface area is 164 Å². The first kappa shape index (κ1) is 20.1. The van der Waals surface area contributed by atoms with Crippen molar-refractivity contribution in [1.29, 1.82) is 0 Å². The molecule has 3 N–H and O–H groups in total. The highest BCUT2D eigenvalue weighted by Crippen LogP contribution is 2.25. The molecule has 0 spiro atoms. The molecule has 3 rings (SSSR count). The number of amides is 1. The van der Waals surface area contributed by atoms with Gasteiger partial charge in [-0.25, -0.2) is 27.2 Å². The van der Waals surface area contributed by atoms with Gasteiger partial charge in [-0.1, -0.05) is 12.1 Å². The summed E-state index contributed by atoms with van der Waals surface area (Å²) in [5.74, 6) is -3.46. The molecule has 0 saturated heterocycles. The molecule has 0 aliphatic carbocycles. The Morgan fingerprint density at radius 3 is 2.21 bits per heavy atom. The average Bonchev–Trinajstić information content (AvgIpc) is 2.70. The Morgan fingerprint density at radius 1 is 1.03 bits per heavy atom. The molecule has 0 aliphatic rings. The second-order valence-electron chi connectivity index (χ2n) is 5.76. The Balaban J connectivity index is 1.86. The van der Waals surface area contributed by atoms with Crippen LogP contribution in [0.4, 0.5) is 14.5 Å². The molecule has 150 valence electrons. The van der Waals surface area contributed by atoms with Crippen molar-refractivity contribution >= 4 is 21.6 Å². The number of nitrogens with two attached hydrogens (primary N) is 1. The number of anilines is 1. The van der Waals surface area contributed by atoms with Gasteiger partial charge in [0.15, 0.2) is 0 Å². The van der Waals surface area contributed by atoms with Gasteiger partial charge in [-0.05, 0) is 23.8 Å². The van der Waals surface area contributed by atoms with E-state index < -0.39 is 38.8 Å². The number of halogens is 2. The van der Waals surface area contributed by atoms with E-state index in [-0.39, 0.29) is 10.9 Å². The van der Waals surface area contributed by atoms with E-state index in [4.69, 9.17) is 10.5 Å². The molecule has 0 radical (unpaired) electrons. The highest BCUT2D eigenvalue weighted by molar-refractivity contribution is 7.92. The Kier molecular flexibility index (Phi) is 5.41. The summed E-state index contributed by atoms with van der Waals surface area (Å²) >= 11 is 0. The topological polar surface area (TPSA) is 124 Å². The zero-order valence-electron chi connectivity index (χ0n) is 14.9. The van der Waals surface area contributed by atoms with Crippen LogP contribution in [0.25, 0.3) is 11.1 Å². The summed E-state index contributed by atoms with van der Waals surface area (Å²) in [5, 5.41) is 0. The predicted molar refractivity (Wildman–Crippen MR) is 99.7 cm³/mol. The number of ether oxygens (including phenoxy) is 1. The smallest absolute Gasteiger partial charge is 0.316 e. The van der Waals surface area contributed by atoms with Crippen molar-refractivity contribution in [3.63, 3.8) is 0 Å². The SMILES string of the molecule is COc1ncc(-c2ccc(S(=O)(=O)Nc3cc(F)c(C(N)=O)cc3F)cc2)cn1. The molecular formula is C18H14F2N4O4S. The van der Waals surface area contributed by atoms with Crippen LogP contribution in [0.15, 0.2) is 53.7 Å². The van der Waals surface area contributed by atoms with Crippen LogP contribution in [0.3, 0.4) is 0 Å². The van der Waals surface area contributed by atoms with Crippen LogP contribution >= 0.6 is 0 Å². The molecule has 11 heteroatoms. The molecule has 1 aromatic heterocycles. The minimum absolute atomic E-state index is 0.186. The number of sulfonamides is 1. The monoisotopic (exact) mass is 420 g/mol. The lowest BCUT2D eigenvalue weighted by Gasteiger charge is -2.11. The zero-order chi connectivity index (χ0) is 21.2. The van der Waals surface area contributed by atoms with Crippen molar-refractivity contribution < 1.29 is 26.7 Å². The van der Waals surface area contributed by atoms with Gasteiger partial charge in [0.25, 0.3) is 15.9 Å². The van der Waals surface area contributed by atoms with Gasteiger partial charge in [-0.2, -0.15) is 0 Å². The lowest BCUT2D eigenvalue weighted by atomic mass is 10.1. The third-order valence-corrected chi connectivity index (χ3v) is 5.26. The highest BCUT2D eigenvalue weighted by Gasteiger charge is 2.20. The molecule has 1 heterocycles. The molecule has 8 nitrogen and oxygen atoms in total. The van der Waals surface area contributed by atoms with Gasteiger partial charge in [-0.15, -0.1) is 0 Å². The molecular weight excluding hydrogens is 406 g/mol. The molecule has 0 aliphatic heterocycles. The minimum atomic E-state index is -4.22. The van der Waals surface area contributed by atoms with Crippen molar-refractivity contribution in [2.45, 2.75) is 4.90 Å². The molecule has 0 bridgehead atoms. The van der Waals surface area contributed by atoms with Crippen molar-refractivity contribution in [2.24, 2.45) is 5.73 Å². The molecule has 0 fully saturated rings. The number of hydrogen-bond acceptors (Lipinski definition) is 6. The van der Waals surface area contributed by atoms with E-state index in [1.54, 1.807) is 0 Å². The second-order valence-corrected chi connectivity index (χ2v) is 7.45. The fraction of sp³-hybridized carbons (Fsp3) is 0.0556. The van der Waals surface area contributed by atoms with Gasteiger partial charge < -0.3 is 10.5 Å². The van der Waals surface area contributed by atoms with E-state index in [2.05, 4.69) is 9.97 Å². The Morgan fingerprint density at radius 2 is 1.66 bits per heavy atom. The van der Waals surface area contributed by atoms with Gasteiger partial charge in [0.1, 0.15) is 11.6 Å². The maximum atomic E-state index is 14.1. The number of carbonyl (C=O) groups excluding carboxylic acids is 1. The fourth-order valence-corrected chi connectivity index (χ4v) is 3.47. The van der Waals surface area contributed by atoms with Crippen LogP contribution < -0.4 is 15.2 Å². The number of nitrogens with zero attached hydrogens (tertiary/aromatic N) is 2. The van der Waals surface area contributed by atoms with Crippen molar-refractivity contribution in [3.8, 4) is 17.1 Å². The fourth-order valence-electron chi connectivity index (χ4n) is 2.41. The van der Waals surface area contributed by atoms with E-state index in [0.717, 1.165) is 0 Å². The van der Waals surface area contributed by atoms with Gasteiger partial charge in [0.2, 0.25) is 0 Å². The van der Waals surface area contributed by atoms with Crippen molar-refractivity contribution in [2.75, 3.05) is 11.8 Å². The first-order chi connectivity index (χ1) is 13.7. The van der Waals surface area contributed by atoms with Crippen LogP contribution in [-0.2, 0) is 10.0 Å². The van der Waals surface area contributed by atoms with Crippen LogP contribution in [-0.4, -0.2) is 31.4 Å². The number of nitrogens with one attached hydrogen (secondary N) is 1. The largest absolute Gasteiger partial charge is 0.467 e. The summed E-state index contributed by atoms with van der Waals surface area (Å²) in [5.41, 5.74) is 4.85. The van der Waals surface area contributed by atoms with Crippen LogP contribution in [0, 0.1) is 11.6 Å². The van der Waals surface area contributed by atoms with Crippen molar-refractivity contribution in [3.05, 3.63) is 66.0 Å². The first-order valence-corrected chi connectivity index (χ1v) is 9.47. The number of hydrogen-bond donors (Lipinski definition) is 2. The van der Waals surface area contributed by atoms with Crippen LogP contribution in [0.5, 0.6) is 6.01 Å². The van der Waals surface area contributed by atoms with Crippen molar-refractivity contribution in [1.82, 2.24) is 9.97 Å².